The number of ether oxygens (including phenoxy) is 1. The molecule has 1 saturated carbocycles. The Morgan fingerprint density at radius 3 is 2.55 bits per heavy atom. The Morgan fingerprint density at radius 1 is 1.24 bits per heavy atom. The van der Waals surface area contributed by atoms with E-state index in [9.17, 15) is 14.4 Å². The predicted octanol–water partition coefficient (Wildman–Crippen LogP) is 6.43. The second-order valence-electron chi connectivity index (χ2n) is 7.78. The predicted molar refractivity (Wildman–Crippen MR) is 117 cm³/mol. The second kappa shape index (κ2) is 8.81. The zero-order chi connectivity index (χ0) is 21.2. The maximum Gasteiger partial charge on any atom is 0.311 e. The first-order valence-electron chi connectivity index (χ1n) is 9.18. The smallest absolute Gasteiger partial charge is 0.311 e. The minimum Gasteiger partial charge on any atom is -0.442 e. The number of carbonyl (C=O) groups is 1. The van der Waals surface area contributed by atoms with Crippen molar-refractivity contribution in [2.24, 2.45) is 17.3 Å². The molecule has 0 aromatic heterocycles. The molecule has 0 N–H and O–H groups in total. The third-order valence-electron chi connectivity index (χ3n) is 5.40. The van der Waals surface area contributed by atoms with Crippen molar-refractivity contribution in [2.45, 2.75) is 26.4 Å². The topological polar surface area (TPSA) is 50.1 Å². The Balaban J connectivity index is 1.72. The van der Waals surface area contributed by atoms with Gasteiger partial charge in [-0.25, -0.2) is 4.39 Å². The van der Waals surface area contributed by atoms with E-state index in [1.54, 1.807) is 18.2 Å². The van der Waals surface area contributed by atoms with E-state index in [0.29, 0.717) is 12.0 Å². The molecule has 0 aliphatic heterocycles. The minimum atomic E-state index is -0.968. The Hall–Kier alpha value is -1.97. The van der Waals surface area contributed by atoms with Gasteiger partial charge in [0.15, 0.2) is 0 Å². The van der Waals surface area contributed by atoms with Crippen LogP contribution in [0.15, 0.2) is 58.0 Å². The summed E-state index contributed by atoms with van der Waals surface area (Å²) in [5, 5.41) is 9.59. The molecule has 3 rings (SSSR count). The molecule has 2 aromatic carbocycles. The van der Waals surface area contributed by atoms with Crippen LogP contribution in [0.3, 0.4) is 0 Å². The molecule has 150 valence electrons. The molecular formula is C23H20Br2FNO2. The van der Waals surface area contributed by atoms with Crippen molar-refractivity contribution in [3.63, 3.8) is 0 Å². The van der Waals surface area contributed by atoms with Gasteiger partial charge in [0.25, 0.3) is 0 Å². The summed E-state index contributed by atoms with van der Waals surface area (Å²) in [6.07, 6.45) is 1.57. The largest absolute Gasteiger partial charge is 0.442 e. The van der Waals surface area contributed by atoms with Gasteiger partial charge in [-0.05, 0) is 72.9 Å². The molecule has 3 nitrogen and oxygen atoms in total. The standard InChI is InChI=1S/C23H20Br2FNO2/c1-23(2)18(12-20(24)25)21(23)22(28)29-19(13-27)16-5-3-4-15(11-16)10-14-6-8-17(26)9-7-14/h3-9,11-12,18-19,21H,10H2,1-2H3/t18-,19?,21-/m0/s1. The molecule has 6 heteroatoms. The number of nitrogens with zero attached hydrogens (tertiary/aromatic N) is 1. The number of allylic oxidation sites excluding steroid dienone is 1. The lowest BCUT2D eigenvalue weighted by Crippen LogP contribution is -2.14. The average Bonchev–Trinajstić information content (AvgIpc) is 3.21. The fourth-order valence-corrected chi connectivity index (χ4v) is 4.21. The molecule has 29 heavy (non-hydrogen) atoms. The van der Waals surface area contributed by atoms with E-state index in [0.717, 1.165) is 14.5 Å². The Morgan fingerprint density at radius 2 is 1.93 bits per heavy atom. The summed E-state index contributed by atoms with van der Waals surface area (Å²) in [7, 11) is 0. The highest BCUT2D eigenvalue weighted by atomic mass is 79.9. The maximum atomic E-state index is 13.1. The van der Waals surface area contributed by atoms with E-state index in [1.807, 2.05) is 38.1 Å². The van der Waals surface area contributed by atoms with Gasteiger partial charge in [-0.1, -0.05) is 56.3 Å². The molecule has 0 saturated heterocycles. The number of esters is 1. The molecule has 0 radical (unpaired) electrons. The highest BCUT2D eigenvalue weighted by Crippen LogP contribution is 2.60. The summed E-state index contributed by atoms with van der Waals surface area (Å²) < 4.78 is 19.5. The van der Waals surface area contributed by atoms with Crippen LogP contribution in [0.5, 0.6) is 0 Å². The minimum absolute atomic E-state index is 0.0490. The number of benzene rings is 2. The van der Waals surface area contributed by atoms with Gasteiger partial charge in [0.2, 0.25) is 6.10 Å². The average molecular weight is 521 g/mol. The van der Waals surface area contributed by atoms with E-state index in [4.69, 9.17) is 4.74 Å². The Bertz CT molecular complexity index is 975. The van der Waals surface area contributed by atoms with Crippen LogP contribution in [0.4, 0.5) is 4.39 Å². The summed E-state index contributed by atoms with van der Waals surface area (Å²) in [5.74, 6) is -0.881. The van der Waals surface area contributed by atoms with Crippen molar-refractivity contribution in [1.82, 2.24) is 0 Å². The van der Waals surface area contributed by atoms with Gasteiger partial charge in [-0.3, -0.25) is 4.79 Å². The van der Waals surface area contributed by atoms with Crippen LogP contribution in [-0.2, 0) is 16.0 Å². The quantitative estimate of drug-likeness (QED) is 0.412. The summed E-state index contributed by atoms with van der Waals surface area (Å²) in [5.41, 5.74) is 2.34. The Labute approximate surface area is 186 Å². The lowest BCUT2D eigenvalue weighted by Gasteiger charge is -2.13. The maximum absolute atomic E-state index is 13.1. The monoisotopic (exact) mass is 519 g/mol. The van der Waals surface area contributed by atoms with Crippen molar-refractivity contribution < 1.29 is 13.9 Å². The normalized spacial score (nSPS) is 20.3. The zero-order valence-electron chi connectivity index (χ0n) is 16.0. The van der Waals surface area contributed by atoms with Gasteiger partial charge < -0.3 is 4.74 Å². The number of hydrogen-bond donors (Lipinski definition) is 0. The summed E-state index contributed by atoms with van der Waals surface area (Å²) in [6, 6.07) is 15.8. The first-order chi connectivity index (χ1) is 13.7. The molecule has 2 aromatic rings. The van der Waals surface area contributed by atoms with E-state index in [-0.39, 0.29) is 29.0 Å². The van der Waals surface area contributed by atoms with Crippen LogP contribution in [0.2, 0.25) is 0 Å². The molecule has 1 unspecified atom stereocenters. The number of nitriles is 1. The van der Waals surface area contributed by atoms with E-state index in [2.05, 4.69) is 37.9 Å². The van der Waals surface area contributed by atoms with Crippen LogP contribution in [0, 0.1) is 34.4 Å². The van der Waals surface area contributed by atoms with Crippen molar-refractivity contribution in [3.8, 4) is 6.07 Å². The van der Waals surface area contributed by atoms with Gasteiger partial charge in [0.05, 0.1) is 9.31 Å². The first-order valence-corrected chi connectivity index (χ1v) is 10.8. The molecule has 0 amide bonds. The number of rotatable bonds is 6. The van der Waals surface area contributed by atoms with Crippen molar-refractivity contribution in [3.05, 3.63) is 80.5 Å². The van der Waals surface area contributed by atoms with Gasteiger partial charge in [0.1, 0.15) is 11.9 Å². The van der Waals surface area contributed by atoms with Crippen LogP contribution in [0.25, 0.3) is 0 Å². The molecule has 1 aliphatic carbocycles. The van der Waals surface area contributed by atoms with Gasteiger partial charge in [-0.15, -0.1) is 0 Å². The zero-order valence-corrected chi connectivity index (χ0v) is 19.2. The molecule has 0 heterocycles. The van der Waals surface area contributed by atoms with E-state index >= 15 is 0 Å². The van der Waals surface area contributed by atoms with Crippen molar-refractivity contribution in [2.75, 3.05) is 0 Å². The van der Waals surface area contributed by atoms with Gasteiger partial charge in [-0.2, -0.15) is 5.26 Å². The molecular weight excluding hydrogens is 501 g/mol. The number of carbonyl (C=O) groups excluding carboxylic acids is 1. The highest BCUT2D eigenvalue weighted by molar-refractivity contribution is 9.28. The fraction of sp³-hybridized carbons (Fsp3) is 0.304. The van der Waals surface area contributed by atoms with Crippen LogP contribution in [-0.4, -0.2) is 5.97 Å². The number of halogens is 3. The first kappa shape index (κ1) is 21.7. The van der Waals surface area contributed by atoms with Crippen LogP contribution < -0.4 is 0 Å². The van der Waals surface area contributed by atoms with Crippen LogP contribution in [0.1, 0.15) is 36.6 Å². The van der Waals surface area contributed by atoms with Crippen molar-refractivity contribution in [1.29, 1.82) is 5.26 Å². The lowest BCUT2D eigenvalue weighted by molar-refractivity contribution is -0.149. The lowest BCUT2D eigenvalue weighted by atomic mass is 10.0. The van der Waals surface area contributed by atoms with Crippen molar-refractivity contribution >= 4 is 37.8 Å². The van der Waals surface area contributed by atoms with Gasteiger partial charge in [0, 0.05) is 5.56 Å². The fourth-order valence-electron chi connectivity index (χ4n) is 3.64. The third kappa shape index (κ3) is 5.15. The van der Waals surface area contributed by atoms with Crippen LogP contribution >= 0.6 is 31.9 Å². The van der Waals surface area contributed by atoms with E-state index < -0.39 is 6.10 Å². The second-order valence-corrected chi connectivity index (χ2v) is 10.5. The molecule has 0 spiro atoms. The summed E-state index contributed by atoms with van der Waals surface area (Å²) >= 11 is 6.67. The summed E-state index contributed by atoms with van der Waals surface area (Å²) in [6.45, 7) is 4.02. The van der Waals surface area contributed by atoms with Gasteiger partial charge >= 0.3 is 5.97 Å². The Kier molecular flexibility index (Phi) is 6.60. The molecule has 0 bridgehead atoms. The molecule has 1 aliphatic rings. The molecule has 1 fully saturated rings. The highest BCUT2D eigenvalue weighted by Gasteiger charge is 2.61. The third-order valence-corrected chi connectivity index (χ3v) is 5.93. The SMILES string of the molecule is CC1(C)[C@H](C(=O)OC(C#N)c2cccc(Cc3ccc(F)cc3)c2)[C@@H]1C=C(Br)Br. The summed E-state index contributed by atoms with van der Waals surface area (Å²) in [4.78, 5) is 12.7. The molecule has 3 atom stereocenters. The van der Waals surface area contributed by atoms with E-state index in [1.165, 1.54) is 12.1 Å². The number of hydrogen-bond acceptors (Lipinski definition) is 3.